The minimum atomic E-state index is -0.405. The molecule has 2 rings (SSSR count). The van der Waals surface area contributed by atoms with Gasteiger partial charge in [-0.25, -0.2) is 4.39 Å². The molecule has 3 heteroatoms. The monoisotopic (exact) mass is 235 g/mol. The number of carbonyl (C=O) groups is 1. The maximum absolute atomic E-state index is 13.4. The Balaban J connectivity index is 1.89. The van der Waals surface area contributed by atoms with Crippen molar-refractivity contribution in [1.29, 1.82) is 0 Å². The summed E-state index contributed by atoms with van der Waals surface area (Å²) in [7, 11) is 0. The van der Waals surface area contributed by atoms with Crippen LogP contribution in [0.3, 0.4) is 0 Å². The van der Waals surface area contributed by atoms with Gasteiger partial charge < -0.3 is 4.90 Å². The van der Waals surface area contributed by atoms with Gasteiger partial charge in [-0.3, -0.25) is 4.79 Å². The lowest BCUT2D eigenvalue weighted by atomic mass is 9.90. The van der Waals surface area contributed by atoms with Crippen LogP contribution < -0.4 is 0 Å². The summed E-state index contributed by atoms with van der Waals surface area (Å²) in [6, 6.07) is 6.76. The van der Waals surface area contributed by atoms with Crippen LogP contribution in [0, 0.1) is 11.7 Å². The molecule has 0 unspecified atom stereocenters. The van der Waals surface area contributed by atoms with Crippen LogP contribution in [0.2, 0.25) is 0 Å². The molecule has 0 radical (unpaired) electrons. The number of hydrogen-bond donors (Lipinski definition) is 0. The Bertz CT molecular complexity index is 410. The molecule has 1 aliphatic heterocycles. The third kappa shape index (κ3) is 2.72. The maximum Gasteiger partial charge on any atom is 0.166 e. The van der Waals surface area contributed by atoms with Gasteiger partial charge in [0.1, 0.15) is 5.82 Å². The molecule has 17 heavy (non-hydrogen) atoms. The van der Waals surface area contributed by atoms with Crippen molar-refractivity contribution in [2.75, 3.05) is 13.1 Å². The first kappa shape index (κ1) is 12.2. The molecule has 0 spiro atoms. The average molecular weight is 235 g/mol. The molecule has 0 aromatic heterocycles. The number of ketones is 1. The lowest BCUT2D eigenvalue weighted by Crippen LogP contribution is -2.50. The first-order chi connectivity index (χ1) is 8.08. The van der Waals surface area contributed by atoms with E-state index in [9.17, 15) is 9.18 Å². The molecule has 1 saturated heterocycles. The van der Waals surface area contributed by atoms with E-state index < -0.39 is 5.82 Å². The predicted molar refractivity (Wildman–Crippen MR) is 65.5 cm³/mol. The van der Waals surface area contributed by atoms with E-state index in [0.717, 1.165) is 13.1 Å². The molecular formula is C14H18FNO. The van der Waals surface area contributed by atoms with Crippen LogP contribution >= 0.6 is 0 Å². The van der Waals surface area contributed by atoms with Gasteiger partial charge in [0.2, 0.25) is 0 Å². The molecular weight excluding hydrogens is 217 g/mol. The van der Waals surface area contributed by atoms with Gasteiger partial charge >= 0.3 is 0 Å². The molecule has 92 valence electrons. The van der Waals surface area contributed by atoms with E-state index in [1.807, 2.05) is 0 Å². The first-order valence-corrected chi connectivity index (χ1v) is 6.09. The first-order valence-electron chi connectivity index (χ1n) is 6.09. The summed E-state index contributed by atoms with van der Waals surface area (Å²) >= 11 is 0. The number of nitrogens with zero attached hydrogens (tertiary/aromatic N) is 1. The van der Waals surface area contributed by atoms with Gasteiger partial charge in [0.15, 0.2) is 5.78 Å². The Labute approximate surface area is 101 Å². The van der Waals surface area contributed by atoms with Crippen LogP contribution in [0.5, 0.6) is 0 Å². The summed E-state index contributed by atoms with van der Waals surface area (Å²) in [6.45, 7) is 6.21. The zero-order valence-electron chi connectivity index (χ0n) is 10.3. The molecule has 1 aromatic carbocycles. The fourth-order valence-electron chi connectivity index (χ4n) is 2.22. The lowest BCUT2D eigenvalue weighted by molar-refractivity contribution is 0.0560. The number of carbonyl (C=O) groups excluding carboxylic acids is 1. The van der Waals surface area contributed by atoms with E-state index in [1.165, 1.54) is 6.07 Å². The minimum Gasteiger partial charge on any atom is -0.300 e. The van der Waals surface area contributed by atoms with Crippen molar-refractivity contribution in [3.63, 3.8) is 0 Å². The maximum atomic E-state index is 13.4. The van der Waals surface area contributed by atoms with E-state index in [2.05, 4.69) is 18.7 Å². The summed E-state index contributed by atoms with van der Waals surface area (Å²) in [5, 5.41) is 0. The summed E-state index contributed by atoms with van der Waals surface area (Å²) in [5.74, 6) is -0.0847. The van der Waals surface area contributed by atoms with Gasteiger partial charge in [-0.1, -0.05) is 12.1 Å². The third-order valence-electron chi connectivity index (χ3n) is 3.36. The number of benzene rings is 1. The standard InChI is InChI=1S/C14H18FNO/c1-10(2)16-8-11(9-16)7-14(17)12-5-3-4-6-13(12)15/h3-6,10-11H,7-9H2,1-2H3. The van der Waals surface area contributed by atoms with Crippen LogP contribution in [0.4, 0.5) is 4.39 Å². The molecule has 1 aromatic rings. The van der Waals surface area contributed by atoms with Crippen LogP contribution in [-0.4, -0.2) is 29.8 Å². The number of hydrogen-bond acceptors (Lipinski definition) is 2. The highest BCUT2D eigenvalue weighted by Crippen LogP contribution is 2.23. The van der Waals surface area contributed by atoms with E-state index in [1.54, 1.807) is 18.2 Å². The van der Waals surface area contributed by atoms with Crippen LogP contribution in [0.25, 0.3) is 0 Å². The summed E-state index contributed by atoms with van der Waals surface area (Å²) in [6.07, 6.45) is 0.462. The zero-order valence-corrected chi connectivity index (χ0v) is 10.3. The third-order valence-corrected chi connectivity index (χ3v) is 3.36. The van der Waals surface area contributed by atoms with Crippen molar-refractivity contribution in [2.24, 2.45) is 5.92 Å². The Kier molecular flexibility index (Phi) is 3.57. The Morgan fingerprint density at radius 3 is 2.65 bits per heavy atom. The fraction of sp³-hybridized carbons (Fsp3) is 0.500. The molecule has 1 heterocycles. The largest absolute Gasteiger partial charge is 0.300 e. The van der Waals surface area contributed by atoms with Gasteiger partial charge in [0.05, 0.1) is 5.56 Å². The topological polar surface area (TPSA) is 20.3 Å². The predicted octanol–water partition coefficient (Wildman–Crippen LogP) is 2.74. The second-order valence-corrected chi connectivity index (χ2v) is 5.02. The van der Waals surface area contributed by atoms with Crippen molar-refractivity contribution in [3.05, 3.63) is 35.6 Å². The normalized spacial score (nSPS) is 17.2. The molecule has 1 aliphatic rings. The molecule has 2 nitrogen and oxygen atoms in total. The summed E-state index contributed by atoms with van der Waals surface area (Å²) in [4.78, 5) is 14.2. The van der Waals surface area contributed by atoms with Crippen LogP contribution in [-0.2, 0) is 0 Å². The van der Waals surface area contributed by atoms with E-state index >= 15 is 0 Å². The Morgan fingerprint density at radius 1 is 1.41 bits per heavy atom. The van der Waals surface area contributed by atoms with Crippen molar-refractivity contribution >= 4 is 5.78 Å². The highest BCUT2D eigenvalue weighted by Gasteiger charge is 2.30. The molecule has 1 fully saturated rings. The second-order valence-electron chi connectivity index (χ2n) is 5.02. The molecule has 0 N–H and O–H groups in total. The summed E-state index contributed by atoms with van der Waals surface area (Å²) in [5.41, 5.74) is 0.232. The molecule has 0 bridgehead atoms. The average Bonchev–Trinajstić information content (AvgIpc) is 2.22. The fourth-order valence-corrected chi connectivity index (χ4v) is 2.22. The molecule has 0 amide bonds. The van der Waals surface area contributed by atoms with Crippen LogP contribution in [0.15, 0.2) is 24.3 Å². The number of likely N-dealkylation sites (tertiary alicyclic amines) is 1. The zero-order chi connectivity index (χ0) is 12.4. The van der Waals surface area contributed by atoms with Crippen molar-refractivity contribution in [2.45, 2.75) is 26.3 Å². The van der Waals surface area contributed by atoms with Crippen molar-refractivity contribution in [1.82, 2.24) is 4.90 Å². The lowest BCUT2D eigenvalue weighted by Gasteiger charge is -2.41. The highest BCUT2D eigenvalue weighted by atomic mass is 19.1. The van der Waals surface area contributed by atoms with E-state index in [4.69, 9.17) is 0 Å². The quantitative estimate of drug-likeness (QED) is 0.748. The van der Waals surface area contributed by atoms with Crippen molar-refractivity contribution < 1.29 is 9.18 Å². The van der Waals surface area contributed by atoms with Gasteiger partial charge in [0.25, 0.3) is 0 Å². The van der Waals surface area contributed by atoms with Gasteiger partial charge in [-0.05, 0) is 31.9 Å². The Hall–Kier alpha value is -1.22. The molecule has 0 atom stereocenters. The second kappa shape index (κ2) is 4.96. The van der Waals surface area contributed by atoms with Crippen molar-refractivity contribution in [3.8, 4) is 0 Å². The molecule has 0 aliphatic carbocycles. The van der Waals surface area contributed by atoms with E-state index in [0.29, 0.717) is 18.4 Å². The molecule has 0 saturated carbocycles. The van der Waals surface area contributed by atoms with E-state index in [-0.39, 0.29) is 11.3 Å². The summed E-state index contributed by atoms with van der Waals surface area (Å²) < 4.78 is 13.4. The minimum absolute atomic E-state index is 0.0727. The smallest absolute Gasteiger partial charge is 0.166 e. The number of Topliss-reactive ketones (excluding diaryl/α,β-unsaturated/α-hetero) is 1. The number of rotatable bonds is 4. The Morgan fingerprint density at radius 2 is 2.06 bits per heavy atom. The van der Waals surface area contributed by atoms with Gasteiger partial charge in [-0.2, -0.15) is 0 Å². The van der Waals surface area contributed by atoms with Gasteiger partial charge in [0, 0.05) is 25.6 Å². The number of halogens is 1. The van der Waals surface area contributed by atoms with Gasteiger partial charge in [-0.15, -0.1) is 0 Å². The van der Waals surface area contributed by atoms with Crippen LogP contribution in [0.1, 0.15) is 30.6 Å². The SMILES string of the molecule is CC(C)N1CC(CC(=O)c2ccccc2F)C1. The highest BCUT2D eigenvalue weighted by molar-refractivity contribution is 5.96.